The topological polar surface area (TPSA) is 71.2 Å². The summed E-state index contributed by atoms with van der Waals surface area (Å²) in [4.78, 5) is 4.24. The number of hydrogen-bond acceptors (Lipinski definition) is 5. The van der Waals surface area contributed by atoms with Crippen molar-refractivity contribution in [3.8, 4) is 0 Å². The third kappa shape index (κ3) is 2.71. The summed E-state index contributed by atoms with van der Waals surface area (Å²) in [6.07, 6.45) is 1.84. The SMILES string of the molecule is OC1(c2nc(Cc3cccc(F)c3)no2)CCCNC1. The minimum absolute atomic E-state index is 0.233. The number of aromatic nitrogens is 2. The average molecular weight is 277 g/mol. The van der Waals surface area contributed by atoms with Crippen molar-refractivity contribution in [3.63, 3.8) is 0 Å². The molecule has 1 atom stereocenters. The number of benzene rings is 1. The van der Waals surface area contributed by atoms with Gasteiger partial charge in [0.05, 0.1) is 0 Å². The number of halogens is 1. The van der Waals surface area contributed by atoms with Crippen LogP contribution in [0.1, 0.15) is 30.1 Å². The fraction of sp³-hybridized carbons (Fsp3) is 0.429. The minimum Gasteiger partial charge on any atom is -0.379 e. The number of nitrogens with zero attached hydrogens (tertiary/aromatic N) is 2. The first-order valence-corrected chi connectivity index (χ1v) is 6.66. The second-order valence-electron chi connectivity index (χ2n) is 5.13. The first kappa shape index (κ1) is 13.2. The van der Waals surface area contributed by atoms with E-state index in [2.05, 4.69) is 15.5 Å². The highest BCUT2D eigenvalue weighted by molar-refractivity contribution is 5.20. The fourth-order valence-electron chi connectivity index (χ4n) is 2.42. The molecule has 0 aliphatic carbocycles. The molecule has 1 aromatic heterocycles. The maximum Gasteiger partial charge on any atom is 0.259 e. The van der Waals surface area contributed by atoms with Crippen molar-refractivity contribution >= 4 is 0 Å². The molecule has 0 radical (unpaired) electrons. The molecule has 2 heterocycles. The van der Waals surface area contributed by atoms with Gasteiger partial charge in [0.1, 0.15) is 5.82 Å². The lowest BCUT2D eigenvalue weighted by Gasteiger charge is -2.28. The van der Waals surface area contributed by atoms with Gasteiger partial charge in [-0.1, -0.05) is 17.3 Å². The lowest BCUT2D eigenvalue weighted by atomic mass is 9.94. The van der Waals surface area contributed by atoms with Crippen molar-refractivity contribution in [1.29, 1.82) is 0 Å². The zero-order chi connectivity index (χ0) is 14.0. The van der Waals surface area contributed by atoms with E-state index in [4.69, 9.17) is 4.52 Å². The van der Waals surface area contributed by atoms with Crippen molar-refractivity contribution in [2.45, 2.75) is 24.9 Å². The first-order chi connectivity index (χ1) is 9.66. The number of nitrogens with one attached hydrogen (secondary N) is 1. The Morgan fingerprint density at radius 1 is 1.45 bits per heavy atom. The molecule has 2 aromatic rings. The standard InChI is InChI=1S/C14H16FN3O2/c15-11-4-1-3-10(7-11)8-12-17-13(20-18-12)14(19)5-2-6-16-9-14/h1,3-4,7,16,19H,2,5-6,8-9H2. The molecule has 0 spiro atoms. The molecule has 1 saturated heterocycles. The van der Waals surface area contributed by atoms with Crippen molar-refractivity contribution in [3.05, 3.63) is 47.4 Å². The lowest BCUT2D eigenvalue weighted by Crippen LogP contribution is -2.43. The number of rotatable bonds is 3. The molecule has 1 aliphatic rings. The van der Waals surface area contributed by atoms with Gasteiger partial charge >= 0.3 is 0 Å². The summed E-state index contributed by atoms with van der Waals surface area (Å²) < 4.78 is 18.3. The van der Waals surface area contributed by atoms with E-state index in [1.807, 2.05) is 0 Å². The van der Waals surface area contributed by atoms with Crippen LogP contribution >= 0.6 is 0 Å². The normalized spacial score (nSPS) is 22.9. The Bertz CT molecular complexity index is 594. The molecule has 1 fully saturated rings. The molecule has 0 saturated carbocycles. The molecule has 0 amide bonds. The van der Waals surface area contributed by atoms with E-state index in [0.717, 1.165) is 18.5 Å². The van der Waals surface area contributed by atoms with Gasteiger partial charge in [-0.15, -0.1) is 0 Å². The van der Waals surface area contributed by atoms with Crippen molar-refractivity contribution < 1.29 is 14.0 Å². The molecule has 1 aromatic carbocycles. The summed E-state index contributed by atoms with van der Waals surface area (Å²) in [5, 5.41) is 17.4. The van der Waals surface area contributed by atoms with Crippen LogP contribution < -0.4 is 5.32 Å². The van der Waals surface area contributed by atoms with Gasteiger partial charge in [-0.05, 0) is 37.1 Å². The maximum atomic E-state index is 13.1. The Kier molecular flexibility index (Phi) is 3.50. The second kappa shape index (κ2) is 5.30. The summed E-state index contributed by atoms with van der Waals surface area (Å²) in [6.45, 7) is 1.29. The van der Waals surface area contributed by atoms with Crippen LogP contribution in [0, 0.1) is 5.82 Å². The molecule has 2 N–H and O–H groups in total. The van der Waals surface area contributed by atoms with Gasteiger partial charge in [-0.2, -0.15) is 4.98 Å². The van der Waals surface area contributed by atoms with E-state index in [-0.39, 0.29) is 11.7 Å². The van der Waals surface area contributed by atoms with E-state index >= 15 is 0 Å². The lowest BCUT2D eigenvalue weighted by molar-refractivity contribution is -0.0167. The highest BCUT2D eigenvalue weighted by atomic mass is 19.1. The monoisotopic (exact) mass is 277 g/mol. The summed E-state index contributed by atoms with van der Waals surface area (Å²) >= 11 is 0. The number of piperidine rings is 1. The van der Waals surface area contributed by atoms with Gasteiger partial charge in [0.15, 0.2) is 11.4 Å². The van der Waals surface area contributed by atoms with Crippen molar-refractivity contribution in [2.24, 2.45) is 0 Å². The van der Waals surface area contributed by atoms with Gasteiger partial charge < -0.3 is 14.9 Å². The van der Waals surface area contributed by atoms with E-state index < -0.39 is 5.60 Å². The van der Waals surface area contributed by atoms with Crippen LogP contribution in [0.4, 0.5) is 4.39 Å². The Balaban J connectivity index is 1.76. The average Bonchev–Trinajstić information content (AvgIpc) is 2.89. The molecule has 1 unspecified atom stereocenters. The van der Waals surface area contributed by atoms with Crippen LogP contribution in [0.15, 0.2) is 28.8 Å². The zero-order valence-electron chi connectivity index (χ0n) is 11.0. The highest BCUT2D eigenvalue weighted by Gasteiger charge is 2.36. The molecular weight excluding hydrogens is 261 g/mol. The van der Waals surface area contributed by atoms with Crippen LogP contribution in [0.2, 0.25) is 0 Å². The van der Waals surface area contributed by atoms with Gasteiger partial charge in [0.2, 0.25) is 0 Å². The van der Waals surface area contributed by atoms with E-state index in [1.165, 1.54) is 12.1 Å². The molecule has 20 heavy (non-hydrogen) atoms. The largest absolute Gasteiger partial charge is 0.379 e. The van der Waals surface area contributed by atoms with Crippen LogP contribution in [0.5, 0.6) is 0 Å². The quantitative estimate of drug-likeness (QED) is 0.886. The molecule has 6 heteroatoms. The molecular formula is C14H16FN3O2. The Morgan fingerprint density at radius 2 is 2.35 bits per heavy atom. The number of hydrogen-bond donors (Lipinski definition) is 2. The van der Waals surface area contributed by atoms with Gasteiger partial charge in [-0.25, -0.2) is 4.39 Å². The third-order valence-electron chi connectivity index (χ3n) is 3.48. The summed E-state index contributed by atoms with van der Waals surface area (Å²) in [5.41, 5.74) is -0.322. The number of aliphatic hydroxyl groups is 1. The number of β-amino-alcohol motifs (C(OH)–C–C–N with tert-alkyl or cyclic N) is 1. The van der Waals surface area contributed by atoms with Crippen LogP contribution in [-0.4, -0.2) is 28.3 Å². The fourth-order valence-corrected chi connectivity index (χ4v) is 2.42. The van der Waals surface area contributed by atoms with Gasteiger partial charge in [0, 0.05) is 13.0 Å². The van der Waals surface area contributed by atoms with E-state index in [9.17, 15) is 9.50 Å². The summed E-state index contributed by atoms with van der Waals surface area (Å²) in [7, 11) is 0. The summed E-state index contributed by atoms with van der Waals surface area (Å²) in [6, 6.07) is 6.27. The predicted octanol–water partition coefficient (Wildman–Crippen LogP) is 1.37. The smallest absolute Gasteiger partial charge is 0.259 e. The summed E-state index contributed by atoms with van der Waals surface area (Å²) in [5.74, 6) is 0.391. The van der Waals surface area contributed by atoms with Crippen LogP contribution in [0.3, 0.4) is 0 Å². The zero-order valence-corrected chi connectivity index (χ0v) is 11.0. The van der Waals surface area contributed by atoms with Crippen molar-refractivity contribution in [2.75, 3.05) is 13.1 Å². The second-order valence-corrected chi connectivity index (χ2v) is 5.13. The molecule has 3 rings (SSSR count). The predicted molar refractivity (Wildman–Crippen MR) is 69.5 cm³/mol. The molecule has 5 nitrogen and oxygen atoms in total. The van der Waals surface area contributed by atoms with E-state index in [0.29, 0.717) is 25.2 Å². The third-order valence-corrected chi connectivity index (χ3v) is 3.48. The molecule has 1 aliphatic heterocycles. The molecule has 0 bridgehead atoms. The first-order valence-electron chi connectivity index (χ1n) is 6.66. The van der Waals surface area contributed by atoms with Crippen LogP contribution in [-0.2, 0) is 12.0 Å². The molecule has 106 valence electrons. The van der Waals surface area contributed by atoms with Crippen molar-refractivity contribution in [1.82, 2.24) is 15.5 Å². The Labute approximate surface area is 115 Å². The Hall–Kier alpha value is -1.79. The minimum atomic E-state index is -1.09. The van der Waals surface area contributed by atoms with Crippen LogP contribution in [0.25, 0.3) is 0 Å². The highest BCUT2D eigenvalue weighted by Crippen LogP contribution is 2.27. The van der Waals surface area contributed by atoms with Gasteiger partial charge in [0.25, 0.3) is 5.89 Å². The maximum absolute atomic E-state index is 13.1. The Morgan fingerprint density at radius 3 is 3.10 bits per heavy atom. The van der Waals surface area contributed by atoms with E-state index in [1.54, 1.807) is 12.1 Å². The van der Waals surface area contributed by atoms with Gasteiger partial charge in [-0.3, -0.25) is 0 Å².